The van der Waals surface area contributed by atoms with E-state index in [1.165, 1.54) is 11.8 Å². The Hall–Kier alpha value is -1.79. The van der Waals surface area contributed by atoms with Crippen LogP contribution in [-0.4, -0.2) is 30.0 Å². The Kier molecular flexibility index (Phi) is 5.88. The maximum atomic E-state index is 12.2. The normalized spacial score (nSPS) is 17.0. The van der Waals surface area contributed by atoms with Crippen molar-refractivity contribution in [2.45, 2.75) is 52.4 Å². The lowest BCUT2D eigenvalue weighted by molar-refractivity contribution is -0.113. The van der Waals surface area contributed by atoms with Crippen LogP contribution in [0.1, 0.15) is 58.2 Å². The summed E-state index contributed by atoms with van der Waals surface area (Å²) in [5.74, 6) is 0.0625. The number of amidine groups is 1. The Bertz CT molecular complexity index is 733. The predicted molar refractivity (Wildman–Crippen MR) is 109 cm³/mol. The van der Waals surface area contributed by atoms with Crippen LogP contribution in [0.2, 0.25) is 0 Å². The first-order chi connectivity index (χ1) is 11.9. The van der Waals surface area contributed by atoms with Crippen molar-refractivity contribution >= 4 is 28.9 Å². The van der Waals surface area contributed by atoms with E-state index in [1.54, 1.807) is 7.11 Å². The van der Waals surface area contributed by atoms with Crippen LogP contribution < -0.4 is 5.32 Å². The molecule has 0 unspecified atom stereocenters. The van der Waals surface area contributed by atoms with Crippen molar-refractivity contribution in [3.63, 3.8) is 0 Å². The molecule has 2 rings (SSSR count). The fourth-order valence-electron chi connectivity index (χ4n) is 2.65. The number of rotatable bonds is 3. The number of phenolic OH excluding ortho intramolecular Hbond substituents is 1. The number of aromatic hydroxyl groups is 1. The van der Waals surface area contributed by atoms with Gasteiger partial charge in [0.1, 0.15) is 12.5 Å². The van der Waals surface area contributed by atoms with Gasteiger partial charge in [-0.3, -0.25) is 4.79 Å². The van der Waals surface area contributed by atoms with Gasteiger partial charge in [-0.05, 0) is 46.4 Å². The quantitative estimate of drug-likeness (QED) is 0.612. The van der Waals surface area contributed by atoms with E-state index in [0.29, 0.717) is 22.6 Å². The Morgan fingerprint density at radius 1 is 1.15 bits per heavy atom. The van der Waals surface area contributed by atoms with E-state index >= 15 is 0 Å². The lowest BCUT2D eigenvalue weighted by Gasteiger charge is -2.28. The number of carbonyl (C=O) groups is 1. The zero-order valence-electron chi connectivity index (χ0n) is 16.6. The summed E-state index contributed by atoms with van der Waals surface area (Å²) in [4.78, 5) is 16.7. The molecule has 1 aromatic rings. The molecule has 5 nitrogen and oxygen atoms in total. The molecule has 142 valence electrons. The SMILES string of the molecule is COCNC1=NC(=O)/C(=C\c2cc(C(C)(C)C)c(O)c(C(C)(C)C)c2)S1. The number of hydrogen-bond acceptors (Lipinski definition) is 5. The molecule has 0 aromatic heterocycles. The number of phenols is 1. The third kappa shape index (κ3) is 4.68. The molecule has 2 N–H and O–H groups in total. The monoisotopic (exact) mass is 376 g/mol. The minimum Gasteiger partial charge on any atom is -0.507 e. The Labute approximate surface area is 159 Å². The molecule has 26 heavy (non-hydrogen) atoms. The minimum absolute atomic E-state index is 0.215. The topological polar surface area (TPSA) is 70.9 Å². The molecular formula is C20H28N2O3S. The van der Waals surface area contributed by atoms with E-state index in [-0.39, 0.29) is 16.7 Å². The summed E-state index contributed by atoms with van der Waals surface area (Å²) in [6.07, 6.45) is 1.84. The molecule has 6 heteroatoms. The van der Waals surface area contributed by atoms with Crippen LogP contribution >= 0.6 is 11.8 Å². The number of amides is 1. The third-order valence-corrected chi connectivity index (χ3v) is 4.98. The Morgan fingerprint density at radius 2 is 1.69 bits per heavy atom. The molecule has 0 radical (unpaired) electrons. The number of methoxy groups -OCH3 is 1. The van der Waals surface area contributed by atoms with Gasteiger partial charge in [0, 0.05) is 18.2 Å². The van der Waals surface area contributed by atoms with Crippen LogP contribution in [0.25, 0.3) is 6.08 Å². The molecule has 1 aliphatic heterocycles. The summed E-state index contributed by atoms with van der Waals surface area (Å²) < 4.78 is 4.95. The maximum absolute atomic E-state index is 12.2. The van der Waals surface area contributed by atoms with Crippen LogP contribution in [0.5, 0.6) is 5.75 Å². The second kappa shape index (κ2) is 7.45. The third-order valence-electron chi connectivity index (χ3n) is 4.03. The molecule has 0 atom stereocenters. The maximum Gasteiger partial charge on any atom is 0.286 e. The van der Waals surface area contributed by atoms with Gasteiger partial charge in [-0.2, -0.15) is 4.99 Å². The van der Waals surface area contributed by atoms with Crippen LogP contribution in [-0.2, 0) is 20.4 Å². The number of nitrogens with one attached hydrogen (secondary N) is 1. The van der Waals surface area contributed by atoms with Gasteiger partial charge in [0.25, 0.3) is 5.91 Å². The molecule has 1 aromatic carbocycles. The van der Waals surface area contributed by atoms with Crippen LogP contribution in [0.3, 0.4) is 0 Å². The van der Waals surface area contributed by atoms with E-state index in [4.69, 9.17) is 4.74 Å². The highest BCUT2D eigenvalue weighted by molar-refractivity contribution is 8.18. The zero-order chi connectivity index (χ0) is 19.7. The first kappa shape index (κ1) is 20.5. The van der Waals surface area contributed by atoms with E-state index in [1.807, 2.05) is 18.2 Å². The van der Waals surface area contributed by atoms with Gasteiger partial charge >= 0.3 is 0 Å². The van der Waals surface area contributed by atoms with E-state index in [9.17, 15) is 9.90 Å². The van der Waals surface area contributed by atoms with Crippen molar-refractivity contribution in [3.8, 4) is 5.75 Å². The number of aliphatic imine (C=N–C) groups is 1. The number of thioether (sulfide) groups is 1. The van der Waals surface area contributed by atoms with E-state index in [2.05, 4.69) is 51.9 Å². The van der Waals surface area contributed by atoms with Gasteiger partial charge < -0.3 is 15.2 Å². The zero-order valence-corrected chi connectivity index (χ0v) is 17.4. The number of nitrogens with zero attached hydrogens (tertiary/aromatic N) is 1. The second-order valence-corrected chi connectivity index (χ2v) is 9.44. The molecular weight excluding hydrogens is 348 g/mol. The molecule has 1 aliphatic rings. The summed E-state index contributed by atoms with van der Waals surface area (Å²) in [7, 11) is 1.57. The molecule has 0 saturated carbocycles. The Balaban J connectivity index is 2.46. The smallest absolute Gasteiger partial charge is 0.286 e. The van der Waals surface area contributed by atoms with Crippen molar-refractivity contribution in [1.29, 1.82) is 0 Å². The standard InChI is InChI=1S/C20H28N2O3S/c1-19(2,3)13-8-12(9-14(16(13)23)20(4,5)6)10-15-17(24)22-18(26-15)21-11-25-7/h8-10,23H,11H2,1-7H3,(H,21,22,24)/b15-10+. The summed E-state index contributed by atoms with van der Waals surface area (Å²) in [5.41, 5.74) is 2.19. The van der Waals surface area contributed by atoms with Crippen molar-refractivity contribution in [3.05, 3.63) is 33.7 Å². The molecule has 0 aliphatic carbocycles. The summed E-state index contributed by atoms with van der Waals surface area (Å²) in [6.45, 7) is 12.7. The van der Waals surface area contributed by atoms with E-state index < -0.39 is 0 Å². The molecule has 0 saturated heterocycles. The molecule has 1 amide bonds. The lowest BCUT2D eigenvalue weighted by atomic mass is 9.78. The van der Waals surface area contributed by atoms with Crippen molar-refractivity contribution < 1.29 is 14.6 Å². The summed E-state index contributed by atoms with van der Waals surface area (Å²) in [6, 6.07) is 3.90. The molecule has 0 spiro atoms. The van der Waals surface area contributed by atoms with Gasteiger partial charge in [0.15, 0.2) is 5.17 Å². The molecule has 0 bridgehead atoms. The van der Waals surface area contributed by atoms with Gasteiger partial charge in [-0.25, -0.2) is 0 Å². The van der Waals surface area contributed by atoms with Gasteiger partial charge in [-0.1, -0.05) is 41.5 Å². The highest BCUT2D eigenvalue weighted by atomic mass is 32.2. The van der Waals surface area contributed by atoms with Crippen molar-refractivity contribution in [2.75, 3.05) is 13.8 Å². The minimum atomic E-state index is -0.267. The largest absolute Gasteiger partial charge is 0.507 e. The van der Waals surface area contributed by atoms with Crippen LogP contribution in [0.4, 0.5) is 0 Å². The highest BCUT2D eigenvalue weighted by Gasteiger charge is 2.27. The molecule has 1 heterocycles. The van der Waals surface area contributed by atoms with Gasteiger partial charge in [-0.15, -0.1) is 0 Å². The summed E-state index contributed by atoms with van der Waals surface area (Å²) in [5, 5.41) is 14.3. The first-order valence-electron chi connectivity index (χ1n) is 8.57. The molecule has 0 fully saturated rings. The average molecular weight is 377 g/mol. The fourth-order valence-corrected chi connectivity index (χ4v) is 3.45. The van der Waals surface area contributed by atoms with Gasteiger partial charge in [0.2, 0.25) is 0 Å². The fraction of sp³-hybridized carbons (Fsp3) is 0.500. The number of ether oxygens (including phenoxy) is 1. The predicted octanol–water partition coefficient (Wildman–Crippen LogP) is 4.15. The van der Waals surface area contributed by atoms with Crippen LogP contribution in [0, 0.1) is 0 Å². The summed E-state index contributed by atoms with van der Waals surface area (Å²) >= 11 is 1.29. The lowest BCUT2D eigenvalue weighted by Crippen LogP contribution is -2.21. The first-order valence-corrected chi connectivity index (χ1v) is 9.38. The van der Waals surface area contributed by atoms with E-state index in [0.717, 1.165) is 16.7 Å². The number of benzene rings is 1. The number of hydrogen-bond donors (Lipinski definition) is 2. The van der Waals surface area contributed by atoms with Crippen molar-refractivity contribution in [1.82, 2.24) is 5.32 Å². The van der Waals surface area contributed by atoms with Crippen LogP contribution in [0.15, 0.2) is 22.0 Å². The highest BCUT2D eigenvalue weighted by Crippen LogP contribution is 2.40. The number of carbonyl (C=O) groups excluding carboxylic acids is 1. The second-order valence-electron chi connectivity index (χ2n) is 8.41. The average Bonchev–Trinajstić information content (AvgIpc) is 2.84. The van der Waals surface area contributed by atoms with Crippen molar-refractivity contribution in [2.24, 2.45) is 4.99 Å². The van der Waals surface area contributed by atoms with Gasteiger partial charge in [0.05, 0.1) is 4.91 Å². The Morgan fingerprint density at radius 3 is 2.15 bits per heavy atom.